The van der Waals surface area contributed by atoms with Crippen LogP contribution in [0.1, 0.15) is 24.8 Å². The molecule has 0 saturated carbocycles. The molecule has 0 atom stereocenters. The largest absolute Gasteiger partial charge is 0.323 e. The van der Waals surface area contributed by atoms with E-state index in [1.54, 1.807) is 0 Å². The average molecular weight is 357 g/mol. The van der Waals surface area contributed by atoms with Gasteiger partial charge in [-0.2, -0.15) is 5.10 Å². The highest BCUT2D eigenvalue weighted by atomic mass is 19.1. The summed E-state index contributed by atoms with van der Waals surface area (Å²) in [5, 5.41) is 7.92. The van der Waals surface area contributed by atoms with E-state index in [0.29, 0.717) is 13.0 Å². The van der Waals surface area contributed by atoms with Crippen molar-refractivity contribution in [2.45, 2.75) is 19.3 Å². The quantitative estimate of drug-likeness (QED) is 0.892. The number of hydrogen-bond acceptors (Lipinski definition) is 3. The lowest BCUT2D eigenvalue weighted by atomic mass is 10.1. The van der Waals surface area contributed by atoms with Crippen molar-refractivity contribution >= 4 is 23.2 Å². The molecule has 0 fully saturated rings. The number of amides is 2. The summed E-state index contributed by atoms with van der Waals surface area (Å²) in [7, 11) is 0. The van der Waals surface area contributed by atoms with Gasteiger partial charge in [0.2, 0.25) is 11.8 Å². The zero-order valence-electron chi connectivity index (χ0n) is 13.9. The number of hydrazone groups is 1. The van der Waals surface area contributed by atoms with Gasteiger partial charge in [-0.15, -0.1) is 0 Å². The van der Waals surface area contributed by atoms with E-state index in [2.05, 4.69) is 10.4 Å². The van der Waals surface area contributed by atoms with Gasteiger partial charge in [-0.3, -0.25) is 9.59 Å². The van der Waals surface area contributed by atoms with Crippen molar-refractivity contribution in [1.82, 2.24) is 5.01 Å². The molecule has 0 spiro atoms. The summed E-state index contributed by atoms with van der Waals surface area (Å²) >= 11 is 0. The van der Waals surface area contributed by atoms with Crippen molar-refractivity contribution in [3.8, 4) is 0 Å². The maximum Gasteiger partial charge on any atom is 0.243 e. The number of carbonyl (C=O) groups excluding carboxylic acids is 2. The minimum Gasteiger partial charge on any atom is -0.323 e. The van der Waals surface area contributed by atoms with Crippen LogP contribution in [0.2, 0.25) is 0 Å². The predicted octanol–water partition coefficient (Wildman–Crippen LogP) is 3.32. The Hall–Kier alpha value is -3.09. The van der Waals surface area contributed by atoms with E-state index in [0.717, 1.165) is 29.5 Å². The van der Waals surface area contributed by atoms with Crippen LogP contribution in [0.5, 0.6) is 0 Å². The third-order valence-corrected chi connectivity index (χ3v) is 3.97. The van der Waals surface area contributed by atoms with Crippen LogP contribution in [0.15, 0.2) is 53.6 Å². The first kappa shape index (κ1) is 17.7. The Bertz CT molecular complexity index is 853. The molecule has 2 amide bonds. The van der Waals surface area contributed by atoms with Gasteiger partial charge < -0.3 is 5.32 Å². The van der Waals surface area contributed by atoms with Crippen molar-refractivity contribution in [2.24, 2.45) is 5.10 Å². The van der Waals surface area contributed by atoms with E-state index < -0.39 is 17.5 Å². The fourth-order valence-corrected chi connectivity index (χ4v) is 2.63. The number of nitrogens with zero attached hydrogens (tertiary/aromatic N) is 2. The molecule has 0 bridgehead atoms. The summed E-state index contributed by atoms with van der Waals surface area (Å²) in [5.41, 5.74) is 1.54. The van der Waals surface area contributed by atoms with Gasteiger partial charge in [0.25, 0.3) is 0 Å². The zero-order valence-corrected chi connectivity index (χ0v) is 13.9. The number of benzene rings is 2. The summed E-state index contributed by atoms with van der Waals surface area (Å²) < 4.78 is 26.6. The minimum absolute atomic E-state index is 0.0612. The Morgan fingerprint density at radius 1 is 1.08 bits per heavy atom. The fourth-order valence-electron chi connectivity index (χ4n) is 2.63. The molecule has 1 aliphatic heterocycles. The number of anilines is 1. The molecule has 134 valence electrons. The Kier molecular flexibility index (Phi) is 5.36. The van der Waals surface area contributed by atoms with Crippen molar-refractivity contribution in [1.29, 1.82) is 0 Å². The first-order valence-electron chi connectivity index (χ1n) is 8.21. The normalized spacial score (nSPS) is 13.5. The summed E-state index contributed by atoms with van der Waals surface area (Å²) in [5.74, 6) is -2.24. The van der Waals surface area contributed by atoms with Gasteiger partial charge >= 0.3 is 0 Å². The van der Waals surface area contributed by atoms with Crippen LogP contribution in [-0.2, 0) is 9.59 Å². The number of carbonyl (C=O) groups is 2. The van der Waals surface area contributed by atoms with E-state index in [4.69, 9.17) is 0 Å². The number of halogens is 2. The Morgan fingerprint density at radius 2 is 1.85 bits per heavy atom. The Labute approximate surface area is 149 Å². The van der Waals surface area contributed by atoms with Crippen molar-refractivity contribution in [2.75, 3.05) is 11.9 Å². The number of nitrogens with one attached hydrogen (secondary N) is 1. The second-order valence-electron chi connectivity index (χ2n) is 5.85. The Morgan fingerprint density at radius 3 is 2.62 bits per heavy atom. The van der Waals surface area contributed by atoms with Crippen LogP contribution in [-0.4, -0.2) is 29.1 Å². The second-order valence-corrected chi connectivity index (χ2v) is 5.85. The molecule has 0 radical (unpaired) electrons. The fraction of sp³-hybridized carbons (Fsp3) is 0.211. The lowest BCUT2D eigenvalue weighted by Gasteiger charge is -2.11. The predicted molar refractivity (Wildman–Crippen MR) is 93.5 cm³/mol. The summed E-state index contributed by atoms with van der Waals surface area (Å²) in [6, 6.07) is 12.3. The van der Waals surface area contributed by atoms with Crippen LogP contribution in [0, 0.1) is 11.6 Å². The van der Waals surface area contributed by atoms with Gasteiger partial charge in [-0.1, -0.05) is 30.3 Å². The molecule has 7 heteroatoms. The molecule has 1 aliphatic rings. The molecule has 0 aromatic heterocycles. The number of rotatable bonds is 5. The molecule has 3 rings (SSSR count). The van der Waals surface area contributed by atoms with Gasteiger partial charge in [0, 0.05) is 25.3 Å². The molecular formula is C19H17F2N3O2. The molecule has 26 heavy (non-hydrogen) atoms. The summed E-state index contributed by atoms with van der Waals surface area (Å²) in [6.07, 6.45) is 0.451. The second kappa shape index (κ2) is 7.86. The zero-order chi connectivity index (χ0) is 18.5. The SMILES string of the molecule is O=C(CCC(=O)N1CCC(c2ccccc2)=N1)Nc1cc(F)ccc1F. The standard InChI is InChI=1S/C19H17F2N3O2/c20-14-6-7-15(21)17(12-14)22-18(25)8-9-19(26)24-11-10-16(23-24)13-4-2-1-3-5-13/h1-7,12H,8-11H2,(H,22,25). The molecule has 0 aliphatic carbocycles. The highest BCUT2D eigenvalue weighted by Gasteiger charge is 2.22. The molecule has 2 aromatic rings. The van der Waals surface area contributed by atoms with Gasteiger partial charge in [0.05, 0.1) is 17.9 Å². The lowest BCUT2D eigenvalue weighted by molar-refractivity contribution is -0.132. The van der Waals surface area contributed by atoms with Crippen LogP contribution in [0.4, 0.5) is 14.5 Å². The monoisotopic (exact) mass is 357 g/mol. The molecule has 0 unspecified atom stereocenters. The smallest absolute Gasteiger partial charge is 0.243 e. The highest BCUT2D eigenvalue weighted by Crippen LogP contribution is 2.17. The molecule has 0 saturated heterocycles. The lowest BCUT2D eigenvalue weighted by Crippen LogP contribution is -2.25. The third-order valence-electron chi connectivity index (χ3n) is 3.97. The molecule has 1 heterocycles. The van der Waals surface area contributed by atoms with Crippen molar-refractivity contribution in [3.05, 3.63) is 65.7 Å². The first-order chi connectivity index (χ1) is 12.5. The summed E-state index contributed by atoms with van der Waals surface area (Å²) in [4.78, 5) is 24.1. The van der Waals surface area contributed by atoms with Crippen LogP contribution in [0.25, 0.3) is 0 Å². The van der Waals surface area contributed by atoms with E-state index >= 15 is 0 Å². The van der Waals surface area contributed by atoms with Gasteiger partial charge in [0.1, 0.15) is 11.6 Å². The third kappa shape index (κ3) is 4.30. The van der Waals surface area contributed by atoms with Crippen molar-refractivity contribution < 1.29 is 18.4 Å². The molecule has 5 nitrogen and oxygen atoms in total. The van der Waals surface area contributed by atoms with E-state index in [9.17, 15) is 18.4 Å². The minimum atomic E-state index is -0.734. The van der Waals surface area contributed by atoms with Crippen LogP contribution < -0.4 is 5.32 Å². The highest BCUT2D eigenvalue weighted by molar-refractivity contribution is 6.02. The molecule has 1 N–H and O–H groups in total. The van der Waals surface area contributed by atoms with Crippen LogP contribution in [0.3, 0.4) is 0 Å². The number of hydrogen-bond donors (Lipinski definition) is 1. The van der Waals surface area contributed by atoms with E-state index in [1.165, 1.54) is 5.01 Å². The topological polar surface area (TPSA) is 61.8 Å². The van der Waals surface area contributed by atoms with Gasteiger partial charge in [-0.25, -0.2) is 13.8 Å². The first-order valence-corrected chi connectivity index (χ1v) is 8.21. The average Bonchev–Trinajstić information content (AvgIpc) is 3.14. The van der Waals surface area contributed by atoms with Gasteiger partial charge in [-0.05, 0) is 17.7 Å². The molecule has 2 aromatic carbocycles. The Balaban J connectivity index is 1.53. The van der Waals surface area contributed by atoms with E-state index in [1.807, 2.05) is 30.3 Å². The maximum atomic E-state index is 13.5. The van der Waals surface area contributed by atoms with Gasteiger partial charge in [0.15, 0.2) is 0 Å². The van der Waals surface area contributed by atoms with Crippen molar-refractivity contribution in [3.63, 3.8) is 0 Å². The maximum absolute atomic E-state index is 13.5. The molecular weight excluding hydrogens is 340 g/mol. The van der Waals surface area contributed by atoms with E-state index in [-0.39, 0.29) is 24.4 Å². The van der Waals surface area contributed by atoms with Crippen LogP contribution >= 0.6 is 0 Å². The summed E-state index contributed by atoms with van der Waals surface area (Å²) in [6.45, 7) is 0.462.